The Bertz CT molecular complexity index is 263. The van der Waals surface area contributed by atoms with E-state index in [1.54, 1.807) is 0 Å². The molecule has 0 aromatic carbocycles. The number of hydrogen-bond donors (Lipinski definition) is 2. The highest BCUT2D eigenvalue weighted by Gasteiger charge is 2.35. The minimum Gasteiger partial charge on any atom is -0.336 e. The molecular formula is C12H22N2O2. The van der Waals surface area contributed by atoms with Crippen molar-refractivity contribution in [1.29, 1.82) is 0 Å². The summed E-state index contributed by atoms with van der Waals surface area (Å²) in [6.07, 6.45) is 5.61. The maximum absolute atomic E-state index is 11.9. The van der Waals surface area contributed by atoms with E-state index in [4.69, 9.17) is 0 Å². The standard InChI is InChI=1S/C12H22N2O2/c1-11(2,3)10(16)14-12(13-9-15)7-5-4-6-8-12/h9H,4-8H2,1-3H3,(H,13,15)(H,14,16). The molecule has 0 aromatic rings. The van der Waals surface area contributed by atoms with Gasteiger partial charge in [-0.2, -0.15) is 0 Å². The monoisotopic (exact) mass is 226 g/mol. The van der Waals surface area contributed by atoms with Gasteiger partial charge >= 0.3 is 0 Å². The van der Waals surface area contributed by atoms with Crippen LogP contribution in [0.15, 0.2) is 0 Å². The van der Waals surface area contributed by atoms with Crippen LogP contribution >= 0.6 is 0 Å². The number of carbonyl (C=O) groups is 2. The second-order valence-electron chi connectivity index (χ2n) is 5.61. The first-order chi connectivity index (χ1) is 7.40. The Morgan fingerprint density at radius 1 is 1.19 bits per heavy atom. The molecule has 0 saturated heterocycles. The van der Waals surface area contributed by atoms with Crippen LogP contribution in [0.2, 0.25) is 0 Å². The molecule has 1 fully saturated rings. The normalized spacial score (nSPS) is 19.9. The molecule has 1 rings (SSSR count). The molecular weight excluding hydrogens is 204 g/mol. The third-order valence-electron chi connectivity index (χ3n) is 3.08. The average Bonchev–Trinajstić information content (AvgIpc) is 2.17. The van der Waals surface area contributed by atoms with Gasteiger partial charge in [-0.15, -0.1) is 0 Å². The van der Waals surface area contributed by atoms with Crippen molar-refractivity contribution in [1.82, 2.24) is 10.6 Å². The van der Waals surface area contributed by atoms with Crippen LogP contribution in [0.25, 0.3) is 0 Å². The summed E-state index contributed by atoms with van der Waals surface area (Å²) in [5.41, 5.74) is -0.931. The molecule has 1 saturated carbocycles. The molecule has 0 radical (unpaired) electrons. The molecule has 92 valence electrons. The number of hydrogen-bond acceptors (Lipinski definition) is 2. The number of nitrogens with one attached hydrogen (secondary N) is 2. The first-order valence-electron chi connectivity index (χ1n) is 5.94. The van der Waals surface area contributed by atoms with E-state index < -0.39 is 11.1 Å². The molecule has 2 amide bonds. The van der Waals surface area contributed by atoms with Gasteiger partial charge in [0.15, 0.2) is 0 Å². The van der Waals surface area contributed by atoms with Crippen LogP contribution in [0.5, 0.6) is 0 Å². The Labute approximate surface area is 97.2 Å². The van der Waals surface area contributed by atoms with Crippen molar-refractivity contribution in [2.75, 3.05) is 0 Å². The zero-order valence-corrected chi connectivity index (χ0v) is 10.4. The fraction of sp³-hybridized carbons (Fsp3) is 0.833. The third-order valence-corrected chi connectivity index (χ3v) is 3.08. The molecule has 0 spiro atoms. The maximum atomic E-state index is 11.9. The van der Waals surface area contributed by atoms with Crippen molar-refractivity contribution in [2.24, 2.45) is 5.41 Å². The van der Waals surface area contributed by atoms with Gasteiger partial charge in [-0.05, 0) is 25.7 Å². The molecule has 0 heterocycles. The second-order valence-corrected chi connectivity index (χ2v) is 5.61. The van der Waals surface area contributed by atoms with Gasteiger partial charge in [-0.3, -0.25) is 9.59 Å². The topological polar surface area (TPSA) is 58.2 Å². The summed E-state index contributed by atoms with van der Waals surface area (Å²) in [5.74, 6) is -0.0104. The zero-order valence-electron chi connectivity index (χ0n) is 10.4. The summed E-state index contributed by atoms with van der Waals surface area (Å²) in [4.78, 5) is 22.6. The van der Waals surface area contributed by atoms with Crippen LogP contribution in [-0.2, 0) is 9.59 Å². The number of rotatable bonds is 3. The molecule has 4 nitrogen and oxygen atoms in total. The molecule has 0 aromatic heterocycles. The lowest BCUT2D eigenvalue weighted by Gasteiger charge is -2.39. The van der Waals surface area contributed by atoms with Gasteiger partial charge in [-0.25, -0.2) is 0 Å². The molecule has 1 aliphatic rings. The Morgan fingerprint density at radius 2 is 1.75 bits per heavy atom. The molecule has 0 unspecified atom stereocenters. The van der Waals surface area contributed by atoms with Crippen LogP contribution in [-0.4, -0.2) is 18.0 Å². The minimum absolute atomic E-state index is 0.0104. The Balaban J connectivity index is 2.70. The van der Waals surface area contributed by atoms with Gasteiger partial charge in [0.05, 0.1) is 0 Å². The van der Waals surface area contributed by atoms with E-state index in [-0.39, 0.29) is 5.91 Å². The van der Waals surface area contributed by atoms with Crippen molar-refractivity contribution in [3.8, 4) is 0 Å². The molecule has 0 atom stereocenters. The highest BCUT2D eigenvalue weighted by atomic mass is 16.2. The lowest BCUT2D eigenvalue weighted by Crippen LogP contribution is -2.61. The van der Waals surface area contributed by atoms with Gasteiger partial charge in [-0.1, -0.05) is 27.2 Å². The average molecular weight is 226 g/mol. The predicted molar refractivity (Wildman–Crippen MR) is 62.6 cm³/mol. The summed E-state index contributed by atoms with van der Waals surface area (Å²) < 4.78 is 0. The molecule has 4 heteroatoms. The molecule has 2 N–H and O–H groups in total. The fourth-order valence-corrected chi connectivity index (χ4v) is 1.98. The Morgan fingerprint density at radius 3 is 2.19 bits per heavy atom. The summed E-state index contributed by atoms with van der Waals surface area (Å²) >= 11 is 0. The van der Waals surface area contributed by atoms with Crippen molar-refractivity contribution in [2.45, 2.75) is 58.5 Å². The summed E-state index contributed by atoms with van der Waals surface area (Å²) in [6, 6.07) is 0. The fourth-order valence-electron chi connectivity index (χ4n) is 1.98. The Hall–Kier alpha value is -1.06. The molecule has 16 heavy (non-hydrogen) atoms. The van der Waals surface area contributed by atoms with Gasteiger partial charge in [0.2, 0.25) is 12.3 Å². The first kappa shape index (κ1) is 13.0. The van der Waals surface area contributed by atoms with Crippen LogP contribution in [0.4, 0.5) is 0 Å². The highest BCUT2D eigenvalue weighted by molar-refractivity contribution is 5.82. The number of carbonyl (C=O) groups excluding carboxylic acids is 2. The van der Waals surface area contributed by atoms with E-state index in [9.17, 15) is 9.59 Å². The van der Waals surface area contributed by atoms with Crippen molar-refractivity contribution < 1.29 is 9.59 Å². The summed E-state index contributed by atoms with van der Waals surface area (Å²) in [6.45, 7) is 5.62. The van der Waals surface area contributed by atoms with E-state index in [0.29, 0.717) is 6.41 Å². The minimum atomic E-state index is -0.510. The predicted octanol–water partition coefficient (Wildman–Crippen LogP) is 1.56. The second kappa shape index (κ2) is 4.85. The Kier molecular flexibility index (Phi) is 3.94. The van der Waals surface area contributed by atoms with E-state index in [1.807, 2.05) is 20.8 Å². The van der Waals surface area contributed by atoms with E-state index >= 15 is 0 Å². The third kappa shape index (κ3) is 3.22. The molecule has 0 aliphatic heterocycles. The lowest BCUT2D eigenvalue weighted by molar-refractivity contribution is -0.132. The smallest absolute Gasteiger partial charge is 0.227 e. The molecule has 1 aliphatic carbocycles. The number of amides is 2. The van der Waals surface area contributed by atoms with Gasteiger partial charge in [0, 0.05) is 5.41 Å². The molecule has 0 bridgehead atoms. The van der Waals surface area contributed by atoms with Crippen LogP contribution in [0.3, 0.4) is 0 Å². The van der Waals surface area contributed by atoms with Crippen LogP contribution < -0.4 is 10.6 Å². The van der Waals surface area contributed by atoms with Crippen LogP contribution in [0, 0.1) is 5.41 Å². The quantitative estimate of drug-likeness (QED) is 0.566. The van der Waals surface area contributed by atoms with Gasteiger partial charge in [0.1, 0.15) is 5.66 Å². The lowest BCUT2D eigenvalue weighted by atomic mass is 9.87. The highest BCUT2D eigenvalue weighted by Crippen LogP contribution is 2.27. The van der Waals surface area contributed by atoms with E-state index in [0.717, 1.165) is 25.7 Å². The first-order valence-corrected chi connectivity index (χ1v) is 5.94. The summed E-state index contributed by atoms with van der Waals surface area (Å²) in [7, 11) is 0. The largest absolute Gasteiger partial charge is 0.336 e. The van der Waals surface area contributed by atoms with Gasteiger partial charge < -0.3 is 10.6 Å². The maximum Gasteiger partial charge on any atom is 0.227 e. The van der Waals surface area contributed by atoms with Crippen molar-refractivity contribution in [3.05, 3.63) is 0 Å². The van der Waals surface area contributed by atoms with Crippen molar-refractivity contribution in [3.63, 3.8) is 0 Å². The van der Waals surface area contributed by atoms with E-state index in [2.05, 4.69) is 10.6 Å². The SMILES string of the molecule is CC(C)(C)C(=O)NC1(NC=O)CCCCC1. The van der Waals surface area contributed by atoms with Crippen LogP contribution in [0.1, 0.15) is 52.9 Å². The van der Waals surface area contributed by atoms with E-state index in [1.165, 1.54) is 6.42 Å². The summed E-state index contributed by atoms with van der Waals surface area (Å²) in [5, 5.41) is 5.78. The zero-order chi connectivity index (χ0) is 12.2. The van der Waals surface area contributed by atoms with Gasteiger partial charge in [0.25, 0.3) is 0 Å². The van der Waals surface area contributed by atoms with Crippen molar-refractivity contribution >= 4 is 12.3 Å².